The maximum Gasteiger partial charge on any atom is 0.265 e. The highest BCUT2D eigenvalue weighted by Crippen LogP contribution is 2.30. The number of nitrogens with one attached hydrogen (secondary N) is 1. The average Bonchev–Trinajstić information content (AvgIpc) is 2.48. The van der Waals surface area contributed by atoms with Crippen molar-refractivity contribution in [3.8, 4) is 5.75 Å². The van der Waals surface area contributed by atoms with Crippen molar-refractivity contribution in [3.63, 3.8) is 0 Å². The fourth-order valence-corrected chi connectivity index (χ4v) is 3.12. The molecule has 2 aromatic rings. The van der Waals surface area contributed by atoms with Crippen molar-refractivity contribution in [2.75, 3.05) is 11.9 Å². The van der Waals surface area contributed by atoms with Gasteiger partial charge in [0.15, 0.2) is 0 Å². The summed E-state index contributed by atoms with van der Waals surface area (Å²) in [5.41, 5.74) is 0.748. The Morgan fingerprint density at radius 3 is 2.43 bits per heavy atom. The number of amides is 1. The van der Waals surface area contributed by atoms with E-state index in [1.54, 1.807) is 37.3 Å². The second-order valence-electron chi connectivity index (χ2n) is 4.49. The van der Waals surface area contributed by atoms with Crippen molar-refractivity contribution in [1.82, 2.24) is 0 Å². The molecular formula is C15H13BrClNO4S. The molecule has 2 rings (SSSR count). The van der Waals surface area contributed by atoms with E-state index in [0.29, 0.717) is 17.9 Å². The van der Waals surface area contributed by atoms with Crippen LogP contribution in [0.25, 0.3) is 0 Å². The van der Waals surface area contributed by atoms with Crippen LogP contribution in [-0.2, 0) is 9.05 Å². The van der Waals surface area contributed by atoms with Crippen LogP contribution in [0.3, 0.4) is 0 Å². The van der Waals surface area contributed by atoms with Crippen molar-refractivity contribution >= 4 is 47.3 Å². The van der Waals surface area contributed by atoms with Crippen LogP contribution in [0.1, 0.15) is 17.3 Å². The molecule has 0 aromatic heterocycles. The predicted octanol–water partition coefficient (Wildman–Crippen LogP) is 4.03. The molecule has 0 bridgehead atoms. The topological polar surface area (TPSA) is 72.5 Å². The summed E-state index contributed by atoms with van der Waals surface area (Å²) in [4.78, 5) is 12.0. The van der Waals surface area contributed by atoms with Crippen LogP contribution < -0.4 is 10.1 Å². The first-order chi connectivity index (χ1) is 10.8. The Balaban J connectivity index is 2.30. The van der Waals surface area contributed by atoms with Crippen LogP contribution in [0.4, 0.5) is 5.69 Å². The molecule has 5 nitrogen and oxygen atoms in total. The Labute approximate surface area is 147 Å². The zero-order valence-electron chi connectivity index (χ0n) is 12.0. The lowest BCUT2D eigenvalue weighted by Crippen LogP contribution is -2.12. The van der Waals surface area contributed by atoms with Gasteiger partial charge >= 0.3 is 0 Å². The third kappa shape index (κ3) is 4.70. The van der Waals surface area contributed by atoms with E-state index in [2.05, 4.69) is 21.2 Å². The second-order valence-corrected chi connectivity index (χ2v) is 7.94. The van der Waals surface area contributed by atoms with Gasteiger partial charge in [0.1, 0.15) is 10.6 Å². The zero-order valence-corrected chi connectivity index (χ0v) is 15.2. The van der Waals surface area contributed by atoms with Crippen molar-refractivity contribution < 1.29 is 17.9 Å². The summed E-state index contributed by atoms with van der Waals surface area (Å²) < 4.78 is 29.4. The lowest BCUT2D eigenvalue weighted by molar-refractivity contribution is 0.102. The number of carbonyl (C=O) groups excluding carboxylic acids is 1. The molecule has 1 N–H and O–H groups in total. The zero-order chi connectivity index (χ0) is 17.0. The Morgan fingerprint density at radius 1 is 1.22 bits per heavy atom. The summed E-state index contributed by atoms with van der Waals surface area (Å²) in [5, 5.41) is 2.63. The van der Waals surface area contributed by atoms with Gasteiger partial charge in [-0.2, -0.15) is 0 Å². The Hall–Kier alpha value is -1.57. The van der Waals surface area contributed by atoms with Gasteiger partial charge in [-0.15, -0.1) is 0 Å². The van der Waals surface area contributed by atoms with Crippen LogP contribution in [-0.4, -0.2) is 20.9 Å². The minimum absolute atomic E-state index is 0.143. The Kier molecular flexibility index (Phi) is 5.67. The quantitative estimate of drug-likeness (QED) is 0.744. The molecule has 0 heterocycles. The number of hydrogen-bond acceptors (Lipinski definition) is 4. The highest BCUT2D eigenvalue weighted by molar-refractivity contribution is 9.10. The Morgan fingerprint density at radius 2 is 1.87 bits per heavy atom. The molecule has 1 amide bonds. The van der Waals surface area contributed by atoms with Gasteiger partial charge in [-0.3, -0.25) is 4.79 Å². The third-order valence-electron chi connectivity index (χ3n) is 2.87. The Bertz CT molecular complexity index is 822. The minimum Gasteiger partial charge on any atom is -0.492 e. The molecule has 8 heteroatoms. The van der Waals surface area contributed by atoms with Gasteiger partial charge in [0.05, 0.1) is 6.61 Å². The molecule has 0 spiro atoms. The number of rotatable bonds is 5. The van der Waals surface area contributed by atoms with E-state index in [1.807, 2.05) is 0 Å². The van der Waals surface area contributed by atoms with Crippen LogP contribution >= 0.6 is 26.6 Å². The van der Waals surface area contributed by atoms with Gasteiger partial charge in [0.2, 0.25) is 0 Å². The normalized spacial score (nSPS) is 11.1. The van der Waals surface area contributed by atoms with Gasteiger partial charge in [-0.05, 0) is 49.4 Å². The van der Waals surface area contributed by atoms with Gasteiger partial charge < -0.3 is 10.1 Å². The molecular weight excluding hydrogens is 406 g/mol. The number of carbonyl (C=O) groups is 1. The van der Waals surface area contributed by atoms with E-state index >= 15 is 0 Å². The minimum atomic E-state index is -3.99. The molecule has 0 aliphatic heterocycles. The lowest BCUT2D eigenvalue weighted by atomic mass is 10.2. The summed E-state index contributed by atoms with van der Waals surface area (Å²) in [6.07, 6.45) is 0. The van der Waals surface area contributed by atoms with Crippen molar-refractivity contribution in [2.24, 2.45) is 0 Å². The fraction of sp³-hybridized carbons (Fsp3) is 0.133. The standard InChI is InChI=1S/C15H13BrClNO4S/c1-2-22-13-8-7-12(9-14(13)23(17,20)21)18-15(19)10-3-5-11(16)6-4-10/h3-9H,2H2,1H3,(H,18,19). The number of benzene rings is 2. The van der Waals surface area contributed by atoms with Gasteiger partial charge in [0.25, 0.3) is 15.0 Å². The van der Waals surface area contributed by atoms with Gasteiger partial charge in [-0.1, -0.05) is 15.9 Å². The van der Waals surface area contributed by atoms with Crippen molar-refractivity contribution in [3.05, 3.63) is 52.5 Å². The van der Waals surface area contributed by atoms with E-state index in [1.165, 1.54) is 12.1 Å². The molecule has 0 aliphatic carbocycles. The first kappa shape index (κ1) is 17.8. The number of ether oxygens (including phenoxy) is 1. The van der Waals surface area contributed by atoms with E-state index < -0.39 is 9.05 Å². The molecule has 0 saturated heterocycles. The fourth-order valence-electron chi connectivity index (χ4n) is 1.86. The highest BCUT2D eigenvalue weighted by atomic mass is 79.9. The van der Waals surface area contributed by atoms with Crippen LogP contribution in [0.5, 0.6) is 5.75 Å². The molecule has 0 unspecified atom stereocenters. The molecule has 122 valence electrons. The molecule has 2 aromatic carbocycles. The maximum atomic E-state index is 12.2. The maximum absolute atomic E-state index is 12.2. The summed E-state index contributed by atoms with van der Waals surface area (Å²) >= 11 is 3.29. The summed E-state index contributed by atoms with van der Waals surface area (Å²) in [6.45, 7) is 2.03. The van der Waals surface area contributed by atoms with Gasteiger partial charge in [-0.25, -0.2) is 8.42 Å². The first-order valence-electron chi connectivity index (χ1n) is 6.59. The summed E-state index contributed by atoms with van der Waals surface area (Å²) in [7, 11) is 1.42. The second kappa shape index (κ2) is 7.33. The lowest BCUT2D eigenvalue weighted by Gasteiger charge is -2.11. The largest absolute Gasteiger partial charge is 0.492 e. The SMILES string of the molecule is CCOc1ccc(NC(=O)c2ccc(Br)cc2)cc1S(=O)(=O)Cl. The van der Waals surface area contributed by atoms with Crippen LogP contribution in [0.2, 0.25) is 0 Å². The number of anilines is 1. The third-order valence-corrected chi connectivity index (χ3v) is 4.74. The van der Waals surface area contributed by atoms with E-state index in [9.17, 15) is 13.2 Å². The average molecular weight is 419 g/mol. The van der Waals surface area contributed by atoms with Crippen molar-refractivity contribution in [2.45, 2.75) is 11.8 Å². The van der Waals surface area contributed by atoms with Crippen LogP contribution in [0, 0.1) is 0 Å². The monoisotopic (exact) mass is 417 g/mol. The molecule has 0 radical (unpaired) electrons. The number of hydrogen-bond donors (Lipinski definition) is 1. The molecule has 0 atom stereocenters. The summed E-state index contributed by atoms with van der Waals surface area (Å²) in [5.74, 6) is -0.219. The molecule has 23 heavy (non-hydrogen) atoms. The first-order valence-corrected chi connectivity index (χ1v) is 9.70. The van der Waals surface area contributed by atoms with Crippen molar-refractivity contribution in [1.29, 1.82) is 0 Å². The highest BCUT2D eigenvalue weighted by Gasteiger charge is 2.18. The van der Waals surface area contributed by atoms with Crippen LogP contribution in [0.15, 0.2) is 51.8 Å². The molecule has 0 aliphatic rings. The summed E-state index contributed by atoms with van der Waals surface area (Å²) in [6, 6.07) is 11.0. The smallest absolute Gasteiger partial charge is 0.265 e. The predicted molar refractivity (Wildman–Crippen MR) is 92.7 cm³/mol. The van der Waals surface area contributed by atoms with E-state index in [4.69, 9.17) is 15.4 Å². The van der Waals surface area contributed by atoms with E-state index in [0.717, 1.165) is 4.47 Å². The van der Waals surface area contributed by atoms with E-state index in [-0.39, 0.29) is 16.6 Å². The molecule has 0 saturated carbocycles. The molecule has 0 fully saturated rings. The number of halogens is 2. The van der Waals surface area contributed by atoms with Gasteiger partial charge in [0, 0.05) is 26.4 Å².